The zero-order chi connectivity index (χ0) is 18.1. The number of ether oxygens (including phenoxy) is 1. The maximum atomic E-state index is 12.1. The van der Waals surface area contributed by atoms with Gasteiger partial charge in [0.1, 0.15) is 0 Å². The normalized spacial score (nSPS) is 11.2. The van der Waals surface area contributed by atoms with Crippen molar-refractivity contribution in [3.8, 4) is 0 Å². The van der Waals surface area contributed by atoms with E-state index >= 15 is 0 Å². The molecule has 2 aromatic carbocycles. The van der Waals surface area contributed by atoms with Crippen molar-refractivity contribution in [3.05, 3.63) is 71.3 Å². The van der Waals surface area contributed by atoms with Crippen molar-refractivity contribution in [2.24, 2.45) is 0 Å². The Kier molecular flexibility index (Phi) is 7.49. The summed E-state index contributed by atoms with van der Waals surface area (Å²) in [7, 11) is -2.09. The highest BCUT2D eigenvalue weighted by atomic mass is 32.2. The van der Waals surface area contributed by atoms with Gasteiger partial charge in [0.2, 0.25) is 10.0 Å². The molecule has 7 heteroatoms. The third-order valence-electron chi connectivity index (χ3n) is 3.41. The molecule has 0 saturated carbocycles. The first-order valence-corrected chi connectivity index (χ1v) is 10.6. The Morgan fingerprint density at radius 2 is 1.72 bits per heavy atom. The van der Waals surface area contributed by atoms with Gasteiger partial charge in [-0.3, -0.25) is 0 Å². The van der Waals surface area contributed by atoms with Crippen molar-refractivity contribution in [1.82, 2.24) is 4.72 Å². The van der Waals surface area contributed by atoms with Gasteiger partial charge in [-0.1, -0.05) is 42.5 Å². The molecule has 1 N–H and O–H groups in total. The van der Waals surface area contributed by atoms with E-state index in [-0.39, 0.29) is 5.75 Å². The number of carbonyl (C=O) groups is 1. The van der Waals surface area contributed by atoms with Crippen LogP contribution in [-0.4, -0.2) is 33.8 Å². The van der Waals surface area contributed by atoms with Crippen LogP contribution in [0.5, 0.6) is 0 Å². The Balaban J connectivity index is 1.75. The molecular weight excluding hydrogens is 358 g/mol. The number of benzene rings is 2. The lowest BCUT2D eigenvalue weighted by Crippen LogP contribution is -2.27. The topological polar surface area (TPSA) is 72.5 Å². The van der Waals surface area contributed by atoms with E-state index in [1.54, 1.807) is 36.0 Å². The van der Waals surface area contributed by atoms with Gasteiger partial charge in [0, 0.05) is 18.1 Å². The van der Waals surface area contributed by atoms with Gasteiger partial charge in [-0.25, -0.2) is 17.9 Å². The van der Waals surface area contributed by atoms with E-state index in [1.165, 1.54) is 12.7 Å². The van der Waals surface area contributed by atoms with Crippen LogP contribution in [0.1, 0.15) is 21.5 Å². The second kappa shape index (κ2) is 9.60. The highest BCUT2D eigenvalue weighted by Crippen LogP contribution is 2.12. The summed E-state index contributed by atoms with van der Waals surface area (Å²) in [5, 5.41) is 0. The summed E-state index contributed by atoms with van der Waals surface area (Å²) in [5.74, 6) is 1.01. The first kappa shape index (κ1) is 19.5. The number of esters is 1. The molecule has 0 fully saturated rings. The van der Waals surface area contributed by atoms with E-state index in [9.17, 15) is 13.2 Å². The van der Waals surface area contributed by atoms with Crippen molar-refractivity contribution in [1.29, 1.82) is 0 Å². The molecule has 0 aromatic heterocycles. The molecule has 0 aliphatic rings. The van der Waals surface area contributed by atoms with Crippen molar-refractivity contribution in [3.63, 3.8) is 0 Å². The van der Waals surface area contributed by atoms with Gasteiger partial charge >= 0.3 is 5.97 Å². The second-order valence-corrected chi connectivity index (χ2v) is 8.29. The van der Waals surface area contributed by atoms with Crippen LogP contribution < -0.4 is 4.72 Å². The van der Waals surface area contributed by atoms with Crippen molar-refractivity contribution in [2.75, 3.05) is 19.4 Å². The highest BCUT2D eigenvalue weighted by molar-refractivity contribution is 7.98. The first-order valence-electron chi connectivity index (χ1n) is 7.76. The van der Waals surface area contributed by atoms with Gasteiger partial charge in [-0.2, -0.15) is 11.8 Å². The third kappa shape index (κ3) is 6.89. The van der Waals surface area contributed by atoms with Gasteiger partial charge in [0.15, 0.2) is 0 Å². The van der Waals surface area contributed by atoms with Gasteiger partial charge in [0.05, 0.1) is 18.4 Å². The number of methoxy groups -OCH3 is 1. The number of rotatable bonds is 9. The molecule has 0 heterocycles. The highest BCUT2D eigenvalue weighted by Gasteiger charge is 2.12. The standard InChI is InChI=1S/C18H21NO4S2/c1-23-18(20)17-9-7-16(8-10-17)14-25(21,22)19-11-12-24-13-15-5-3-2-4-6-15/h2-10,19H,11-14H2,1H3. The predicted molar refractivity (Wildman–Crippen MR) is 101 cm³/mol. The molecule has 2 rings (SSSR count). The Morgan fingerprint density at radius 1 is 1.04 bits per heavy atom. The molecule has 5 nitrogen and oxygen atoms in total. The van der Waals surface area contributed by atoms with E-state index in [4.69, 9.17) is 0 Å². The van der Waals surface area contributed by atoms with Crippen molar-refractivity contribution < 1.29 is 17.9 Å². The lowest BCUT2D eigenvalue weighted by molar-refractivity contribution is 0.0600. The number of nitrogens with one attached hydrogen (secondary N) is 1. The Hall–Kier alpha value is -1.83. The third-order valence-corrected chi connectivity index (χ3v) is 5.80. The molecule has 25 heavy (non-hydrogen) atoms. The SMILES string of the molecule is COC(=O)c1ccc(CS(=O)(=O)NCCSCc2ccccc2)cc1. The van der Waals surface area contributed by atoms with E-state index in [0.717, 1.165) is 5.75 Å². The number of carbonyl (C=O) groups excluding carboxylic acids is 1. The Morgan fingerprint density at radius 3 is 2.36 bits per heavy atom. The number of thioether (sulfide) groups is 1. The smallest absolute Gasteiger partial charge is 0.337 e. The molecule has 0 atom stereocenters. The minimum Gasteiger partial charge on any atom is -0.465 e. The van der Waals surface area contributed by atoms with Crippen LogP contribution in [-0.2, 0) is 26.3 Å². The average molecular weight is 380 g/mol. The first-order chi connectivity index (χ1) is 12.0. The minimum absolute atomic E-state index is 0.113. The maximum absolute atomic E-state index is 12.1. The molecule has 0 spiro atoms. The summed E-state index contributed by atoms with van der Waals surface area (Å²) in [5.41, 5.74) is 2.24. The Labute approximate surface area is 152 Å². The second-order valence-electron chi connectivity index (χ2n) is 5.38. The molecule has 0 aliphatic carbocycles. The zero-order valence-corrected chi connectivity index (χ0v) is 15.6. The zero-order valence-electron chi connectivity index (χ0n) is 14.0. The van der Waals surface area contributed by atoms with E-state index in [0.29, 0.717) is 23.4 Å². The van der Waals surface area contributed by atoms with Crippen LogP contribution in [0.25, 0.3) is 0 Å². The number of hydrogen-bond acceptors (Lipinski definition) is 5. The molecule has 0 aliphatic heterocycles. The number of hydrogen-bond donors (Lipinski definition) is 1. The fraction of sp³-hybridized carbons (Fsp3) is 0.278. The van der Waals surface area contributed by atoms with Gasteiger partial charge in [0.25, 0.3) is 0 Å². The van der Waals surface area contributed by atoms with Gasteiger partial charge < -0.3 is 4.74 Å². The monoisotopic (exact) mass is 379 g/mol. The Bertz CT molecular complexity index is 774. The van der Waals surface area contributed by atoms with Crippen LogP contribution in [0.4, 0.5) is 0 Å². The molecule has 0 saturated heterocycles. The minimum atomic E-state index is -3.40. The van der Waals surface area contributed by atoms with E-state index < -0.39 is 16.0 Å². The maximum Gasteiger partial charge on any atom is 0.337 e. The fourth-order valence-electron chi connectivity index (χ4n) is 2.16. The molecule has 0 bridgehead atoms. The van der Waals surface area contributed by atoms with E-state index in [2.05, 4.69) is 21.6 Å². The molecule has 0 unspecified atom stereocenters. The predicted octanol–water partition coefficient (Wildman–Crippen LogP) is 2.83. The molecule has 134 valence electrons. The van der Waals surface area contributed by atoms with Crippen LogP contribution in [0.2, 0.25) is 0 Å². The lowest BCUT2D eigenvalue weighted by atomic mass is 10.1. The quantitative estimate of drug-likeness (QED) is 0.536. The number of sulfonamides is 1. The molecular formula is C18H21NO4S2. The van der Waals surface area contributed by atoms with Crippen molar-refractivity contribution in [2.45, 2.75) is 11.5 Å². The van der Waals surface area contributed by atoms with Crippen LogP contribution in [0, 0.1) is 0 Å². The molecule has 0 amide bonds. The van der Waals surface area contributed by atoms with Crippen molar-refractivity contribution >= 4 is 27.8 Å². The van der Waals surface area contributed by atoms with Crippen LogP contribution in [0.3, 0.4) is 0 Å². The lowest BCUT2D eigenvalue weighted by Gasteiger charge is -2.07. The van der Waals surface area contributed by atoms with Gasteiger partial charge in [-0.05, 0) is 23.3 Å². The molecule has 2 aromatic rings. The van der Waals surface area contributed by atoms with Crippen LogP contribution in [0.15, 0.2) is 54.6 Å². The van der Waals surface area contributed by atoms with Gasteiger partial charge in [-0.15, -0.1) is 0 Å². The summed E-state index contributed by atoms with van der Waals surface area (Å²) in [6.45, 7) is 0.389. The molecule has 0 radical (unpaired) electrons. The van der Waals surface area contributed by atoms with Crippen LogP contribution >= 0.6 is 11.8 Å². The largest absolute Gasteiger partial charge is 0.465 e. The summed E-state index contributed by atoms with van der Waals surface area (Å²) >= 11 is 1.68. The summed E-state index contributed by atoms with van der Waals surface area (Å²) in [4.78, 5) is 11.4. The average Bonchev–Trinajstić information content (AvgIpc) is 2.62. The summed E-state index contributed by atoms with van der Waals surface area (Å²) in [6.07, 6.45) is 0. The fourth-order valence-corrected chi connectivity index (χ4v) is 4.25. The summed E-state index contributed by atoms with van der Waals surface area (Å²) in [6, 6.07) is 16.4. The van der Waals surface area contributed by atoms with E-state index in [1.807, 2.05) is 18.2 Å². The summed E-state index contributed by atoms with van der Waals surface area (Å²) < 4.78 is 31.4.